The van der Waals surface area contributed by atoms with Gasteiger partial charge in [0, 0.05) is 25.4 Å². The van der Waals surface area contributed by atoms with Crippen LogP contribution in [-0.4, -0.2) is 24.5 Å². The summed E-state index contributed by atoms with van der Waals surface area (Å²) in [4.78, 5) is 26.4. The summed E-state index contributed by atoms with van der Waals surface area (Å²) in [7, 11) is -2.59. The van der Waals surface area contributed by atoms with Crippen LogP contribution in [0.2, 0.25) is 5.04 Å². The summed E-state index contributed by atoms with van der Waals surface area (Å²) < 4.78 is 8.00. The minimum absolute atomic E-state index is 0.100. The Morgan fingerprint density at radius 3 is 1.93 bits per heavy atom. The van der Waals surface area contributed by atoms with Crippen molar-refractivity contribution in [3.8, 4) is 0 Å². The van der Waals surface area contributed by atoms with E-state index < -0.39 is 8.32 Å². The van der Waals surface area contributed by atoms with Crippen LogP contribution in [-0.2, 0) is 11.0 Å². The van der Waals surface area contributed by atoms with Gasteiger partial charge in [0.25, 0.3) is 13.9 Å². The molecule has 0 saturated heterocycles. The van der Waals surface area contributed by atoms with Gasteiger partial charge in [-0.3, -0.25) is 9.36 Å². The Morgan fingerprint density at radius 1 is 0.897 bits per heavy atom. The minimum Gasteiger partial charge on any atom is -0.407 e. The average Bonchev–Trinajstić information content (AvgIpc) is 2.70. The third-order valence-electron chi connectivity index (χ3n) is 5.21. The maximum Gasteiger partial charge on any atom is 0.328 e. The third kappa shape index (κ3) is 4.33. The minimum atomic E-state index is -2.59. The zero-order valence-electron chi connectivity index (χ0n) is 17.2. The van der Waals surface area contributed by atoms with E-state index in [9.17, 15) is 9.59 Å². The van der Waals surface area contributed by atoms with Gasteiger partial charge in [0.15, 0.2) is 0 Å². The van der Waals surface area contributed by atoms with Gasteiger partial charge in [0.2, 0.25) is 0 Å². The number of H-pyrrole nitrogens is 1. The number of hydrogen-bond acceptors (Lipinski definition) is 3. The Kier molecular flexibility index (Phi) is 6.35. The second-order valence-electron chi connectivity index (χ2n) is 8.14. The van der Waals surface area contributed by atoms with Crippen LogP contribution in [0.5, 0.6) is 0 Å². The summed E-state index contributed by atoms with van der Waals surface area (Å²) in [5, 5.41) is 2.33. The van der Waals surface area contributed by atoms with Crippen molar-refractivity contribution in [3.05, 3.63) is 93.8 Å². The topological polar surface area (TPSA) is 64.1 Å². The summed E-state index contributed by atoms with van der Waals surface area (Å²) in [6.45, 7) is 7.48. The van der Waals surface area contributed by atoms with Crippen LogP contribution in [0.25, 0.3) is 0 Å². The van der Waals surface area contributed by atoms with Gasteiger partial charge in [-0.1, -0.05) is 81.4 Å². The molecule has 0 atom stereocenters. The van der Waals surface area contributed by atoms with E-state index in [1.165, 1.54) is 27.2 Å². The summed E-state index contributed by atoms with van der Waals surface area (Å²) >= 11 is 0. The van der Waals surface area contributed by atoms with Crippen LogP contribution >= 0.6 is 0 Å². The fourth-order valence-electron chi connectivity index (χ4n) is 3.87. The van der Waals surface area contributed by atoms with Crippen LogP contribution in [0, 0.1) is 0 Å². The normalized spacial score (nSPS) is 12.1. The predicted octanol–water partition coefficient (Wildman–Crippen LogP) is 2.50. The first-order chi connectivity index (χ1) is 13.9. The molecule has 0 aliphatic rings. The molecule has 2 aromatic carbocycles. The molecular weight excluding hydrogens is 380 g/mol. The lowest BCUT2D eigenvalue weighted by atomic mass is 10.2. The smallest absolute Gasteiger partial charge is 0.328 e. The molecule has 1 aromatic heterocycles. The lowest BCUT2D eigenvalue weighted by Crippen LogP contribution is -2.66. The van der Waals surface area contributed by atoms with Crippen LogP contribution in [0.15, 0.2) is 82.5 Å². The Hall–Kier alpha value is -2.70. The van der Waals surface area contributed by atoms with E-state index in [4.69, 9.17) is 4.43 Å². The molecule has 152 valence electrons. The van der Waals surface area contributed by atoms with Crippen molar-refractivity contribution in [2.24, 2.45) is 0 Å². The Bertz CT molecular complexity index is 969. The number of hydrogen-bond donors (Lipinski definition) is 1. The van der Waals surface area contributed by atoms with Crippen molar-refractivity contribution in [2.45, 2.75) is 38.8 Å². The van der Waals surface area contributed by atoms with Crippen molar-refractivity contribution in [3.63, 3.8) is 0 Å². The Balaban J connectivity index is 1.92. The van der Waals surface area contributed by atoms with Gasteiger partial charge in [-0.15, -0.1) is 0 Å². The van der Waals surface area contributed by atoms with Crippen molar-refractivity contribution >= 4 is 18.7 Å². The molecule has 0 unspecified atom stereocenters. The SMILES string of the molecule is CC(C)(C)[Si](OCCCn1c(=O)cc[nH]c1=O)(c1ccccc1)c1ccccc1. The molecule has 0 fully saturated rings. The predicted molar refractivity (Wildman–Crippen MR) is 120 cm³/mol. The Labute approximate surface area is 172 Å². The van der Waals surface area contributed by atoms with Crippen molar-refractivity contribution in [2.75, 3.05) is 6.61 Å². The zero-order chi connectivity index (χ0) is 20.9. The molecule has 1 N–H and O–H groups in total. The van der Waals surface area contributed by atoms with Crippen molar-refractivity contribution < 1.29 is 4.43 Å². The van der Waals surface area contributed by atoms with Crippen molar-refractivity contribution in [1.29, 1.82) is 0 Å². The van der Waals surface area contributed by atoms with E-state index in [0.717, 1.165) is 0 Å². The fourth-order valence-corrected chi connectivity index (χ4v) is 8.48. The highest BCUT2D eigenvalue weighted by molar-refractivity contribution is 6.99. The summed E-state index contributed by atoms with van der Waals surface area (Å²) in [6.07, 6.45) is 1.96. The number of benzene rings is 2. The standard InChI is InChI=1S/C23H28N2O3Si/c1-23(2,3)29(19-11-6-4-7-12-19,20-13-8-5-9-14-20)28-18-10-17-25-21(26)15-16-24-22(25)27/h4-9,11-16H,10,17-18H2,1-3H3,(H,24,27). The highest BCUT2D eigenvalue weighted by Gasteiger charge is 2.49. The van der Waals surface area contributed by atoms with Crippen molar-refractivity contribution in [1.82, 2.24) is 9.55 Å². The molecule has 0 amide bonds. The maximum atomic E-state index is 11.9. The van der Waals surface area contributed by atoms with E-state index >= 15 is 0 Å². The van der Waals surface area contributed by atoms with Crippen LogP contribution in [0.1, 0.15) is 27.2 Å². The highest BCUT2D eigenvalue weighted by Crippen LogP contribution is 2.36. The molecule has 0 radical (unpaired) electrons. The average molecular weight is 409 g/mol. The third-order valence-corrected chi connectivity index (χ3v) is 10.2. The van der Waals surface area contributed by atoms with E-state index in [0.29, 0.717) is 19.6 Å². The molecule has 0 bridgehead atoms. The molecule has 0 aliphatic carbocycles. The molecule has 0 spiro atoms. The molecular formula is C23H28N2O3Si. The number of aromatic amines is 1. The van der Waals surface area contributed by atoms with Crippen LogP contribution in [0.4, 0.5) is 0 Å². The summed E-state index contributed by atoms with van der Waals surface area (Å²) in [5.74, 6) is 0. The first-order valence-electron chi connectivity index (χ1n) is 9.90. The molecule has 29 heavy (non-hydrogen) atoms. The number of aromatic nitrogens is 2. The lowest BCUT2D eigenvalue weighted by Gasteiger charge is -2.43. The maximum absolute atomic E-state index is 11.9. The van der Waals surface area contributed by atoms with E-state index in [2.05, 4.69) is 74.3 Å². The summed E-state index contributed by atoms with van der Waals surface area (Å²) in [5.41, 5.74) is -0.679. The molecule has 6 heteroatoms. The number of nitrogens with one attached hydrogen (secondary N) is 1. The molecule has 3 rings (SSSR count). The van der Waals surface area contributed by atoms with Gasteiger partial charge in [0.05, 0.1) is 0 Å². The lowest BCUT2D eigenvalue weighted by molar-refractivity contribution is 0.282. The molecule has 3 aromatic rings. The van der Waals surface area contributed by atoms with Crippen LogP contribution in [0.3, 0.4) is 0 Å². The first kappa shape index (κ1) is 21.0. The second-order valence-corrected chi connectivity index (χ2v) is 12.4. The van der Waals surface area contributed by atoms with Gasteiger partial charge in [0.1, 0.15) is 0 Å². The molecule has 5 nitrogen and oxygen atoms in total. The second kappa shape index (κ2) is 8.76. The van der Waals surface area contributed by atoms with E-state index in [1.807, 2.05) is 12.1 Å². The zero-order valence-corrected chi connectivity index (χ0v) is 18.2. The molecule has 0 saturated carbocycles. The monoisotopic (exact) mass is 408 g/mol. The van der Waals surface area contributed by atoms with Gasteiger partial charge in [-0.25, -0.2) is 4.79 Å². The largest absolute Gasteiger partial charge is 0.407 e. The van der Waals surface area contributed by atoms with Gasteiger partial charge < -0.3 is 9.41 Å². The summed E-state index contributed by atoms with van der Waals surface area (Å²) in [6, 6.07) is 22.2. The number of nitrogens with zero attached hydrogens (tertiary/aromatic N) is 1. The van der Waals surface area contributed by atoms with Crippen LogP contribution < -0.4 is 21.6 Å². The van der Waals surface area contributed by atoms with Gasteiger partial charge >= 0.3 is 5.69 Å². The van der Waals surface area contributed by atoms with E-state index in [1.54, 1.807) is 0 Å². The molecule has 1 heterocycles. The van der Waals surface area contributed by atoms with Gasteiger partial charge in [-0.05, 0) is 21.8 Å². The number of rotatable bonds is 7. The highest BCUT2D eigenvalue weighted by atomic mass is 28.4. The Morgan fingerprint density at radius 2 is 1.45 bits per heavy atom. The molecule has 0 aliphatic heterocycles. The fraction of sp³-hybridized carbons (Fsp3) is 0.304. The quantitative estimate of drug-likeness (QED) is 0.483. The first-order valence-corrected chi connectivity index (χ1v) is 11.8. The van der Waals surface area contributed by atoms with E-state index in [-0.39, 0.29) is 16.3 Å². The van der Waals surface area contributed by atoms with Gasteiger partial charge in [-0.2, -0.15) is 0 Å².